The third-order valence-corrected chi connectivity index (χ3v) is 5.33. The number of carbonyl (C=O) groups excluding carboxylic acids is 1. The van der Waals surface area contributed by atoms with Gasteiger partial charge in [-0.15, -0.1) is 12.4 Å². The van der Waals surface area contributed by atoms with Crippen molar-refractivity contribution in [2.75, 3.05) is 51.0 Å². The van der Waals surface area contributed by atoms with Crippen LogP contribution in [0.3, 0.4) is 0 Å². The van der Waals surface area contributed by atoms with E-state index >= 15 is 0 Å². The van der Waals surface area contributed by atoms with Crippen molar-refractivity contribution in [1.82, 2.24) is 14.9 Å². The molecule has 0 atom stereocenters. The molecule has 2 aromatic carbocycles. The molecule has 32 heavy (non-hydrogen) atoms. The molecule has 0 unspecified atom stereocenters. The Bertz CT molecular complexity index is 1060. The van der Waals surface area contributed by atoms with Crippen LogP contribution in [-0.4, -0.2) is 66.6 Å². The van der Waals surface area contributed by atoms with Gasteiger partial charge in [0, 0.05) is 37.6 Å². The minimum atomic E-state index is 0. The van der Waals surface area contributed by atoms with Crippen molar-refractivity contribution in [3.63, 3.8) is 0 Å². The number of benzene rings is 2. The van der Waals surface area contributed by atoms with Gasteiger partial charge in [-0.2, -0.15) is 4.98 Å². The van der Waals surface area contributed by atoms with Crippen LogP contribution in [-0.2, 0) is 11.2 Å². The van der Waals surface area contributed by atoms with E-state index in [9.17, 15) is 4.79 Å². The van der Waals surface area contributed by atoms with Crippen molar-refractivity contribution in [2.45, 2.75) is 6.42 Å². The second-order valence-electron chi connectivity index (χ2n) is 7.16. The van der Waals surface area contributed by atoms with Crippen LogP contribution in [0.4, 0.5) is 11.8 Å². The lowest BCUT2D eigenvalue weighted by molar-refractivity contribution is -0.130. The molecule has 1 aliphatic rings. The highest BCUT2D eigenvalue weighted by atomic mass is 35.5. The predicted molar refractivity (Wildman–Crippen MR) is 127 cm³/mol. The fourth-order valence-corrected chi connectivity index (χ4v) is 3.65. The molecule has 172 valence electrons. The first-order valence-electron chi connectivity index (χ1n) is 9.85. The summed E-state index contributed by atoms with van der Waals surface area (Å²) in [6, 6.07) is 13.4. The highest BCUT2D eigenvalue weighted by Gasteiger charge is 2.23. The lowest BCUT2D eigenvalue weighted by atomic mass is 10.1. The molecular formula is C22H28ClN5O4. The topological polar surface area (TPSA) is 125 Å². The van der Waals surface area contributed by atoms with Gasteiger partial charge in [0.25, 0.3) is 0 Å². The predicted octanol–water partition coefficient (Wildman–Crippen LogP) is 1.72. The molecule has 1 saturated heterocycles. The average Bonchev–Trinajstić information content (AvgIpc) is 2.79. The van der Waals surface area contributed by atoms with E-state index in [-0.39, 0.29) is 23.8 Å². The van der Waals surface area contributed by atoms with Crippen molar-refractivity contribution in [1.29, 1.82) is 0 Å². The average molecular weight is 462 g/mol. The molecule has 1 amide bonds. The van der Waals surface area contributed by atoms with E-state index < -0.39 is 0 Å². The van der Waals surface area contributed by atoms with E-state index in [4.69, 9.17) is 15.2 Å². The molecule has 0 saturated carbocycles. The number of methoxy groups -OCH3 is 2. The lowest BCUT2D eigenvalue weighted by Crippen LogP contribution is -2.49. The SMILES string of the molecule is COc1cc2nc(N3CCN(C(=O)Cc4ccccc4)CC3)nc(N)c2cc1OC.Cl.O. The zero-order chi connectivity index (χ0) is 21.1. The number of ether oxygens (including phenoxy) is 2. The molecule has 3 aromatic rings. The maximum atomic E-state index is 12.6. The van der Waals surface area contributed by atoms with Crippen LogP contribution in [0.25, 0.3) is 10.9 Å². The van der Waals surface area contributed by atoms with Gasteiger partial charge < -0.3 is 30.5 Å². The zero-order valence-corrected chi connectivity index (χ0v) is 18.9. The molecule has 1 aromatic heterocycles. The van der Waals surface area contributed by atoms with Crippen LogP contribution >= 0.6 is 12.4 Å². The summed E-state index contributed by atoms with van der Waals surface area (Å²) in [5.74, 6) is 2.25. The van der Waals surface area contributed by atoms with Gasteiger partial charge in [-0.25, -0.2) is 4.98 Å². The molecule has 2 heterocycles. The van der Waals surface area contributed by atoms with E-state index in [1.165, 1.54) is 0 Å². The summed E-state index contributed by atoms with van der Waals surface area (Å²) < 4.78 is 10.7. The molecule has 1 aliphatic heterocycles. The van der Waals surface area contributed by atoms with Gasteiger partial charge in [-0.3, -0.25) is 4.79 Å². The second kappa shape index (κ2) is 10.8. The van der Waals surface area contributed by atoms with Gasteiger partial charge in [0.1, 0.15) is 5.82 Å². The number of amides is 1. The molecule has 9 nitrogen and oxygen atoms in total. The summed E-state index contributed by atoms with van der Waals surface area (Å²) in [5, 5.41) is 0.716. The van der Waals surface area contributed by atoms with Gasteiger partial charge in [0.05, 0.1) is 26.2 Å². The Kier molecular flexibility index (Phi) is 8.45. The van der Waals surface area contributed by atoms with Crippen molar-refractivity contribution in [3.8, 4) is 11.5 Å². The van der Waals surface area contributed by atoms with Gasteiger partial charge >= 0.3 is 0 Å². The van der Waals surface area contributed by atoms with Crippen LogP contribution in [0.2, 0.25) is 0 Å². The van der Waals surface area contributed by atoms with Crippen molar-refractivity contribution in [2.24, 2.45) is 0 Å². The van der Waals surface area contributed by atoms with E-state index in [2.05, 4.69) is 14.9 Å². The Morgan fingerprint density at radius 1 is 1.00 bits per heavy atom. The molecule has 0 spiro atoms. The number of halogens is 1. The number of nitrogen functional groups attached to an aromatic ring is 1. The van der Waals surface area contributed by atoms with Crippen molar-refractivity contribution < 1.29 is 19.7 Å². The van der Waals surface area contributed by atoms with Crippen LogP contribution in [0.15, 0.2) is 42.5 Å². The molecule has 1 fully saturated rings. The summed E-state index contributed by atoms with van der Waals surface area (Å²) in [4.78, 5) is 25.7. The summed E-state index contributed by atoms with van der Waals surface area (Å²) in [6.45, 7) is 2.55. The first kappa shape index (κ1) is 25.0. The van der Waals surface area contributed by atoms with Crippen LogP contribution in [0, 0.1) is 0 Å². The van der Waals surface area contributed by atoms with Gasteiger partial charge in [0.15, 0.2) is 11.5 Å². The minimum Gasteiger partial charge on any atom is -0.493 e. The Balaban J connectivity index is 0.00000181. The number of anilines is 2. The standard InChI is InChI=1S/C22H25N5O3.ClH.H2O/c1-29-18-13-16-17(14-19(18)30-2)24-22(25-21(16)23)27-10-8-26(9-11-27)20(28)12-15-6-4-3-5-7-15;;/h3-7,13-14H,8-12H2,1-2H3,(H2,23,24,25);1H;1H2. The Morgan fingerprint density at radius 2 is 1.62 bits per heavy atom. The first-order valence-corrected chi connectivity index (χ1v) is 9.85. The number of fused-ring (bicyclic) bond motifs is 1. The van der Waals surface area contributed by atoms with E-state index in [1.54, 1.807) is 26.4 Å². The van der Waals surface area contributed by atoms with E-state index in [0.717, 1.165) is 5.56 Å². The fourth-order valence-electron chi connectivity index (χ4n) is 3.65. The monoisotopic (exact) mass is 461 g/mol. The maximum absolute atomic E-state index is 12.6. The summed E-state index contributed by atoms with van der Waals surface area (Å²) in [6.07, 6.45) is 0.419. The number of rotatable bonds is 5. The largest absolute Gasteiger partial charge is 0.493 e. The van der Waals surface area contributed by atoms with Gasteiger partial charge in [-0.05, 0) is 11.6 Å². The number of aromatic nitrogens is 2. The first-order chi connectivity index (χ1) is 14.6. The van der Waals surface area contributed by atoms with Crippen LogP contribution in [0.1, 0.15) is 5.56 Å². The lowest BCUT2D eigenvalue weighted by Gasteiger charge is -2.35. The molecular weight excluding hydrogens is 434 g/mol. The summed E-state index contributed by atoms with van der Waals surface area (Å²) in [7, 11) is 3.16. The van der Waals surface area contributed by atoms with Gasteiger partial charge in [-0.1, -0.05) is 30.3 Å². The molecule has 0 radical (unpaired) electrons. The molecule has 4 rings (SSSR count). The van der Waals surface area contributed by atoms with Crippen LogP contribution < -0.4 is 20.1 Å². The Morgan fingerprint density at radius 3 is 2.25 bits per heavy atom. The van der Waals surface area contributed by atoms with E-state index in [1.807, 2.05) is 35.2 Å². The summed E-state index contributed by atoms with van der Waals surface area (Å²) in [5.41, 5.74) is 7.92. The Hall–Kier alpha value is -3.30. The normalized spacial score (nSPS) is 13.2. The van der Waals surface area contributed by atoms with E-state index in [0.29, 0.717) is 66.8 Å². The quantitative estimate of drug-likeness (QED) is 0.613. The van der Waals surface area contributed by atoms with Crippen LogP contribution in [0.5, 0.6) is 11.5 Å². The fraction of sp³-hybridized carbons (Fsp3) is 0.318. The van der Waals surface area contributed by atoms with Crippen molar-refractivity contribution >= 4 is 41.0 Å². The third kappa shape index (κ3) is 5.12. The summed E-state index contributed by atoms with van der Waals surface area (Å²) >= 11 is 0. The maximum Gasteiger partial charge on any atom is 0.228 e. The number of hydrogen-bond acceptors (Lipinski definition) is 7. The number of carbonyl (C=O) groups is 1. The smallest absolute Gasteiger partial charge is 0.228 e. The highest BCUT2D eigenvalue weighted by Crippen LogP contribution is 2.34. The third-order valence-electron chi connectivity index (χ3n) is 5.33. The zero-order valence-electron chi connectivity index (χ0n) is 18.1. The number of hydrogen-bond donors (Lipinski definition) is 1. The number of nitrogens with two attached hydrogens (primary N) is 1. The highest BCUT2D eigenvalue weighted by molar-refractivity contribution is 5.91. The molecule has 10 heteroatoms. The molecule has 0 bridgehead atoms. The molecule has 0 aliphatic carbocycles. The van der Waals surface area contributed by atoms with Crippen molar-refractivity contribution in [3.05, 3.63) is 48.0 Å². The van der Waals surface area contributed by atoms with Gasteiger partial charge in [0.2, 0.25) is 11.9 Å². The minimum absolute atomic E-state index is 0. The number of piperazine rings is 1. The number of nitrogens with zero attached hydrogens (tertiary/aromatic N) is 4. The molecule has 4 N–H and O–H groups in total. The Labute approximate surface area is 192 Å². The second-order valence-corrected chi connectivity index (χ2v) is 7.16.